The third-order valence-electron chi connectivity index (χ3n) is 4.14. The number of carbonyl (C=O) groups is 1. The van der Waals surface area contributed by atoms with Gasteiger partial charge in [-0.05, 0) is 37.3 Å². The SMILES string of the molecule is Cc1ccccc1OCCN(C)C(=O)CC1CCCC1. The van der Waals surface area contributed by atoms with E-state index in [4.69, 9.17) is 4.74 Å². The van der Waals surface area contributed by atoms with Crippen LogP contribution >= 0.6 is 0 Å². The molecule has 0 heterocycles. The Balaban J connectivity index is 1.70. The highest BCUT2D eigenvalue weighted by atomic mass is 16.5. The summed E-state index contributed by atoms with van der Waals surface area (Å²) in [5.74, 6) is 1.77. The first-order valence-corrected chi connectivity index (χ1v) is 7.59. The lowest BCUT2D eigenvalue weighted by atomic mass is 10.0. The van der Waals surface area contributed by atoms with Gasteiger partial charge in [0.2, 0.25) is 5.91 Å². The van der Waals surface area contributed by atoms with Crippen LogP contribution in [0.1, 0.15) is 37.7 Å². The van der Waals surface area contributed by atoms with E-state index in [0.717, 1.165) is 11.3 Å². The van der Waals surface area contributed by atoms with Crippen LogP contribution in [0.4, 0.5) is 0 Å². The summed E-state index contributed by atoms with van der Waals surface area (Å²) in [4.78, 5) is 13.9. The monoisotopic (exact) mass is 275 g/mol. The second-order valence-electron chi connectivity index (χ2n) is 5.78. The molecule has 0 unspecified atom stereocenters. The van der Waals surface area contributed by atoms with Gasteiger partial charge < -0.3 is 9.64 Å². The number of hydrogen-bond donors (Lipinski definition) is 0. The molecular formula is C17H25NO2. The van der Waals surface area contributed by atoms with E-state index in [1.54, 1.807) is 4.90 Å². The summed E-state index contributed by atoms with van der Waals surface area (Å²) >= 11 is 0. The fourth-order valence-corrected chi connectivity index (χ4v) is 2.75. The third kappa shape index (κ3) is 4.26. The van der Waals surface area contributed by atoms with E-state index in [1.807, 2.05) is 38.2 Å². The van der Waals surface area contributed by atoms with Gasteiger partial charge in [0.15, 0.2) is 0 Å². The van der Waals surface area contributed by atoms with Gasteiger partial charge in [0, 0.05) is 13.5 Å². The molecule has 0 atom stereocenters. The van der Waals surface area contributed by atoms with Crippen molar-refractivity contribution in [3.05, 3.63) is 29.8 Å². The Bertz CT molecular complexity index is 438. The molecule has 0 aromatic heterocycles. The summed E-state index contributed by atoms with van der Waals surface area (Å²) in [6.45, 7) is 3.24. The second kappa shape index (κ2) is 7.32. The highest BCUT2D eigenvalue weighted by molar-refractivity contribution is 5.76. The summed E-state index contributed by atoms with van der Waals surface area (Å²) in [6.07, 6.45) is 5.73. The Morgan fingerprint density at radius 3 is 2.70 bits per heavy atom. The van der Waals surface area contributed by atoms with Crippen molar-refractivity contribution in [2.24, 2.45) is 5.92 Å². The van der Waals surface area contributed by atoms with Gasteiger partial charge in [-0.2, -0.15) is 0 Å². The lowest BCUT2D eigenvalue weighted by Gasteiger charge is -2.19. The molecule has 1 aliphatic carbocycles. The average Bonchev–Trinajstić information content (AvgIpc) is 2.93. The van der Waals surface area contributed by atoms with Gasteiger partial charge >= 0.3 is 0 Å². The maximum absolute atomic E-state index is 12.1. The van der Waals surface area contributed by atoms with Crippen molar-refractivity contribution in [1.29, 1.82) is 0 Å². The van der Waals surface area contributed by atoms with Gasteiger partial charge in [-0.25, -0.2) is 0 Å². The lowest BCUT2D eigenvalue weighted by Crippen LogP contribution is -2.31. The highest BCUT2D eigenvalue weighted by Gasteiger charge is 2.20. The first kappa shape index (κ1) is 14.9. The number of aryl methyl sites for hydroxylation is 1. The Kier molecular flexibility index (Phi) is 5.45. The predicted octanol–water partition coefficient (Wildman–Crippen LogP) is 3.41. The van der Waals surface area contributed by atoms with Gasteiger partial charge in [0.1, 0.15) is 12.4 Å². The molecule has 3 nitrogen and oxygen atoms in total. The molecule has 1 aromatic rings. The quantitative estimate of drug-likeness (QED) is 0.796. The Morgan fingerprint density at radius 1 is 1.30 bits per heavy atom. The maximum atomic E-state index is 12.1. The summed E-state index contributed by atoms with van der Waals surface area (Å²) in [5, 5.41) is 0. The summed E-state index contributed by atoms with van der Waals surface area (Å²) in [6, 6.07) is 7.97. The predicted molar refractivity (Wildman–Crippen MR) is 80.9 cm³/mol. The van der Waals surface area contributed by atoms with Crippen LogP contribution < -0.4 is 4.74 Å². The van der Waals surface area contributed by atoms with Crippen LogP contribution in [-0.4, -0.2) is 31.0 Å². The van der Waals surface area contributed by atoms with Crippen LogP contribution in [0.2, 0.25) is 0 Å². The Morgan fingerprint density at radius 2 is 2.00 bits per heavy atom. The van der Waals surface area contributed by atoms with E-state index in [9.17, 15) is 4.79 Å². The smallest absolute Gasteiger partial charge is 0.222 e. The third-order valence-corrected chi connectivity index (χ3v) is 4.14. The van der Waals surface area contributed by atoms with Crippen LogP contribution in [0.5, 0.6) is 5.75 Å². The molecule has 0 spiro atoms. The zero-order chi connectivity index (χ0) is 14.4. The van der Waals surface area contributed by atoms with E-state index < -0.39 is 0 Å². The Hall–Kier alpha value is -1.51. The van der Waals surface area contributed by atoms with Crippen LogP contribution in [0, 0.1) is 12.8 Å². The van der Waals surface area contributed by atoms with Crippen LogP contribution in [0.3, 0.4) is 0 Å². The van der Waals surface area contributed by atoms with Gasteiger partial charge in [-0.1, -0.05) is 31.0 Å². The van der Waals surface area contributed by atoms with E-state index in [-0.39, 0.29) is 5.91 Å². The van der Waals surface area contributed by atoms with E-state index in [0.29, 0.717) is 25.5 Å². The summed E-state index contributed by atoms with van der Waals surface area (Å²) < 4.78 is 5.73. The molecule has 0 bridgehead atoms. The topological polar surface area (TPSA) is 29.5 Å². The number of ether oxygens (including phenoxy) is 1. The molecule has 0 saturated heterocycles. The highest BCUT2D eigenvalue weighted by Crippen LogP contribution is 2.27. The van der Waals surface area contributed by atoms with Crippen molar-refractivity contribution in [3.8, 4) is 5.75 Å². The van der Waals surface area contributed by atoms with E-state index >= 15 is 0 Å². The zero-order valence-electron chi connectivity index (χ0n) is 12.6. The largest absolute Gasteiger partial charge is 0.491 e. The van der Waals surface area contributed by atoms with Crippen molar-refractivity contribution in [1.82, 2.24) is 4.90 Å². The summed E-state index contributed by atoms with van der Waals surface area (Å²) in [5.41, 5.74) is 1.13. The first-order valence-electron chi connectivity index (χ1n) is 7.59. The minimum absolute atomic E-state index is 0.255. The fraction of sp³-hybridized carbons (Fsp3) is 0.588. The fourth-order valence-electron chi connectivity index (χ4n) is 2.75. The molecule has 20 heavy (non-hydrogen) atoms. The number of carbonyl (C=O) groups excluding carboxylic acids is 1. The molecule has 0 radical (unpaired) electrons. The molecule has 1 saturated carbocycles. The molecule has 110 valence electrons. The molecule has 1 amide bonds. The van der Waals surface area contributed by atoms with Crippen molar-refractivity contribution in [2.45, 2.75) is 39.0 Å². The first-order chi connectivity index (χ1) is 9.66. The minimum atomic E-state index is 0.255. The Labute approximate surface area is 121 Å². The van der Waals surface area contributed by atoms with E-state index in [2.05, 4.69) is 0 Å². The standard InChI is InChI=1S/C17H25NO2/c1-14-7-3-6-10-16(14)20-12-11-18(2)17(19)13-15-8-4-5-9-15/h3,6-7,10,15H,4-5,8-9,11-13H2,1-2H3. The molecule has 0 aliphatic heterocycles. The molecular weight excluding hydrogens is 250 g/mol. The number of para-hydroxylation sites is 1. The minimum Gasteiger partial charge on any atom is -0.491 e. The zero-order valence-corrected chi connectivity index (χ0v) is 12.6. The second-order valence-corrected chi connectivity index (χ2v) is 5.78. The molecule has 1 aliphatic rings. The average molecular weight is 275 g/mol. The number of likely N-dealkylation sites (N-methyl/N-ethyl adjacent to an activating group) is 1. The molecule has 0 N–H and O–H groups in total. The van der Waals surface area contributed by atoms with E-state index in [1.165, 1.54) is 25.7 Å². The molecule has 3 heteroatoms. The number of nitrogens with zero attached hydrogens (tertiary/aromatic N) is 1. The number of amides is 1. The number of hydrogen-bond acceptors (Lipinski definition) is 2. The number of benzene rings is 1. The summed E-state index contributed by atoms with van der Waals surface area (Å²) in [7, 11) is 1.87. The van der Waals surface area contributed by atoms with Crippen molar-refractivity contribution >= 4 is 5.91 Å². The van der Waals surface area contributed by atoms with Crippen molar-refractivity contribution < 1.29 is 9.53 Å². The van der Waals surface area contributed by atoms with Crippen LogP contribution in [-0.2, 0) is 4.79 Å². The van der Waals surface area contributed by atoms with Gasteiger partial charge in [-0.15, -0.1) is 0 Å². The maximum Gasteiger partial charge on any atom is 0.222 e. The van der Waals surface area contributed by atoms with Crippen molar-refractivity contribution in [2.75, 3.05) is 20.2 Å². The van der Waals surface area contributed by atoms with Crippen molar-refractivity contribution in [3.63, 3.8) is 0 Å². The molecule has 2 rings (SSSR count). The van der Waals surface area contributed by atoms with Gasteiger partial charge in [0.25, 0.3) is 0 Å². The molecule has 1 fully saturated rings. The van der Waals surface area contributed by atoms with Crippen LogP contribution in [0.25, 0.3) is 0 Å². The van der Waals surface area contributed by atoms with Gasteiger partial charge in [-0.3, -0.25) is 4.79 Å². The van der Waals surface area contributed by atoms with Gasteiger partial charge in [0.05, 0.1) is 6.54 Å². The van der Waals surface area contributed by atoms with Crippen LogP contribution in [0.15, 0.2) is 24.3 Å². The lowest BCUT2D eigenvalue weighted by molar-refractivity contribution is -0.131. The number of rotatable bonds is 6. The normalized spacial score (nSPS) is 15.3. The molecule has 1 aromatic carbocycles.